The average molecular weight is 346 g/mol. The third-order valence-electron chi connectivity index (χ3n) is 4.41. The third kappa shape index (κ3) is 5.76. The van der Waals surface area contributed by atoms with Gasteiger partial charge in [0.1, 0.15) is 5.60 Å². The van der Waals surface area contributed by atoms with Crippen molar-refractivity contribution in [1.29, 1.82) is 0 Å². The van der Waals surface area contributed by atoms with Gasteiger partial charge in [0.05, 0.1) is 0 Å². The normalized spacial score (nSPS) is 15.8. The van der Waals surface area contributed by atoms with Crippen LogP contribution >= 0.6 is 0 Å². The highest BCUT2D eigenvalue weighted by Crippen LogP contribution is 2.22. The van der Waals surface area contributed by atoms with Crippen LogP contribution in [0.1, 0.15) is 44.7 Å². The molecule has 2 rings (SSSR count). The van der Waals surface area contributed by atoms with Gasteiger partial charge < -0.3 is 14.5 Å². The van der Waals surface area contributed by atoms with Crippen LogP contribution in [0.2, 0.25) is 0 Å². The van der Waals surface area contributed by atoms with Crippen molar-refractivity contribution in [3.63, 3.8) is 0 Å². The Hall–Kier alpha value is -2.04. The quantitative estimate of drug-likeness (QED) is 0.840. The molecular weight excluding hydrogens is 316 g/mol. The Balaban J connectivity index is 1.84. The van der Waals surface area contributed by atoms with E-state index in [1.807, 2.05) is 27.8 Å². The fourth-order valence-electron chi connectivity index (χ4n) is 2.99. The number of benzene rings is 1. The van der Waals surface area contributed by atoms with Gasteiger partial charge in [0.2, 0.25) is 5.91 Å². The Bertz CT molecular complexity index is 596. The van der Waals surface area contributed by atoms with Crippen molar-refractivity contribution >= 4 is 12.0 Å². The summed E-state index contributed by atoms with van der Waals surface area (Å²) in [6, 6.07) is 8.24. The lowest BCUT2D eigenvalue weighted by atomic mass is 9.95. The summed E-state index contributed by atoms with van der Waals surface area (Å²) in [7, 11) is 1.85. The Kier molecular flexibility index (Phi) is 6.09. The molecule has 1 saturated heterocycles. The molecule has 1 aromatic rings. The molecule has 25 heavy (non-hydrogen) atoms. The Morgan fingerprint density at radius 1 is 1.16 bits per heavy atom. The zero-order valence-electron chi connectivity index (χ0n) is 16.0. The van der Waals surface area contributed by atoms with Crippen molar-refractivity contribution in [2.45, 2.75) is 52.7 Å². The minimum absolute atomic E-state index is 0.0193. The number of hydrogen-bond acceptors (Lipinski definition) is 3. The van der Waals surface area contributed by atoms with Gasteiger partial charge in [-0.1, -0.05) is 29.8 Å². The molecule has 0 saturated carbocycles. The van der Waals surface area contributed by atoms with Crippen LogP contribution in [0.15, 0.2) is 24.3 Å². The number of carbonyl (C=O) groups excluding carboxylic acids is 2. The van der Waals surface area contributed by atoms with Crippen LogP contribution in [0, 0.1) is 12.8 Å². The maximum atomic E-state index is 12.7. The maximum Gasteiger partial charge on any atom is 0.410 e. The second-order valence-corrected chi connectivity index (χ2v) is 7.92. The lowest BCUT2D eigenvalue weighted by molar-refractivity contribution is -0.136. The van der Waals surface area contributed by atoms with Crippen LogP contribution in [0.25, 0.3) is 0 Å². The summed E-state index contributed by atoms with van der Waals surface area (Å²) in [5.74, 6) is 0.138. The number of rotatable bonds is 3. The van der Waals surface area contributed by atoms with E-state index in [0.717, 1.165) is 5.56 Å². The Morgan fingerprint density at radius 3 is 2.24 bits per heavy atom. The molecule has 0 atom stereocenters. The molecule has 5 nitrogen and oxygen atoms in total. The van der Waals surface area contributed by atoms with Gasteiger partial charge in [0, 0.05) is 32.6 Å². The molecule has 0 N–H and O–H groups in total. The Labute approximate surface area is 150 Å². The van der Waals surface area contributed by atoms with E-state index in [4.69, 9.17) is 4.74 Å². The van der Waals surface area contributed by atoms with Gasteiger partial charge in [-0.15, -0.1) is 0 Å². The van der Waals surface area contributed by atoms with Gasteiger partial charge in [-0.3, -0.25) is 4.79 Å². The van der Waals surface area contributed by atoms with Crippen molar-refractivity contribution in [1.82, 2.24) is 9.80 Å². The van der Waals surface area contributed by atoms with Gasteiger partial charge >= 0.3 is 6.09 Å². The number of amides is 2. The van der Waals surface area contributed by atoms with E-state index < -0.39 is 5.60 Å². The number of carbonyl (C=O) groups is 2. The number of likely N-dealkylation sites (tertiary alicyclic amines) is 1. The van der Waals surface area contributed by atoms with E-state index >= 15 is 0 Å². The van der Waals surface area contributed by atoms with E-state index in [1.165, 1.54) is 5.56 Å². The van der Waals surface area contributed by atoms with Gasteiger partial charge in [-0.2, -0.15) is 0 Å². The molecule has 1 heterocycles. The predicted octanol–water partition coefficient (Wildman–Crippen LogP) is 3.60. The third-order valence-corrected chi connectivity index (χ3v) is 4.41. The first-order valence-electron chi connectivity index (χ1n) is 8.94. The van der Waals surface area contributed by atoms with Crippen molar-refractivity contribution < 1.29 is 14.3 Å². The summed E-state index contributed by atoms with van der Waals surface area (Å²) in [6.45, 7) is 9.40. The van der Waals surface area contributed by atoms with E-state index in [0.29, 0.717) is 32.5 Å². The summed E-state index contributed by atoms with van der Waals surface area (Å²) in [6.07, 6.45) is 1.10. The fraction of sp³-hybridized carbons (Fsp3) is 0.600. The highest BCUT2D eigenvalue weighted by Gasteiger charge is 2.31. The summed E-state index contributed by atoms with van der Waals surface area (Å²) < 4.78 is 5.40. The molecule has 1 fully saturated rings. The molecule has 1 aliphatic heterocycles. The minimum Gasteiger partial charge on any atom is -0.444 e. The van der Waals surface area contributed by atoms with Crippen LogP contribution < -0.4 is 0 Å². The number of piperidine rings is 1. The lowest BCUT2D eigenvalue weighted by Gasteiger charge is -2.34. The maximum absolute atomic E-state index is 12.7. The number of nitrogens with zero attached hydrogens (tertiary/aromatic N) is 2. The van der Waals surface area contributed by atoms with E-state index in [1.54, 1.807) is 9.80 Å². The van der Waals surface area contributed by atoms with E-state index in [2.05, 4.69) is 31.2 Å². The summed E-state index contributed by atoms with van der Waals surface area (Å²) in [5, 5.41) is 0. The minimum atomic E-state index is -0.488. The van der Waals surface area contributed by atoms with Gasteiger partial charge in [0.25, 0.3) is 0 Å². The molecule has 0 radical (unpaired) electrons. The lowest BCUT2D eigenvalue weighted by Crippen LogP contribution is -2.45. The number of aryl methyl sites for hydroxylation is 1. The van der Waals surface area contributed by atoms with Crippen molar-refractivity contribution in [3.05, 3.63) is 35.4 Å². The highest BCUT2D eigenvalue weighted by atomic mass is 16.6. The monoisotopic (exact) mass is 346 g/mol. The van der Waals surface area contributed by atoms with Crippen molar-refractivity contribution in [2.24, 2.45) is 5.92 Å². The molecule has 138 valence electrons. The summed E-state index contributed by atoms with van der Waals surface area (Å²) in [5.41, 5.74) is 1.86. The number of ether oxygens (including phenoxy) is 1. The van der Waals surface area contributed by atoms with E-state index in [9.17, 15) is 9.59 Å². The molecule has 2 amide bonds. The number of hydrogen-bond donors (Lipinski definition) is 0. The molecule has 0 bridgehead atoms. The van der Waals surface area contributed by atoms with Crippen LogP contribution in [-0.4, -0.2) is 47.5 Å². The zero-order chi connectivity index (χ0) is 18.6. The largest absolute Gasteiger partial charge is 0.444 e. The molecule has 5 heteroatoms. The van der Waals surface area contributed by atoms with Gasteiger partial charge in [-0.05, 0) is 46.1 Å². The molecular formula is C20H30N2O3. The molecule has 0 unspecified atom stereocenters. The second-order valence-electron chi connectivity index (χ2n) is 7.92. The summed E-state index contributed by atoms with van der Waals surface area (Å²) >= 11 is 0. The van der Waals surface area contributed by atoms with Gasteiger partial charge in [-0.25, -0.2) is 4.79 Å². The molecule has 0 aliphatic carbocycles. The van der Waals surface area contributed by atoms with Crippen LogP contribution in [0.3, 0.4) is 0 Å². The topological polar surface area (TPSA) is 49.9 Å². The highest BCUT2D eigenvalue weighted by molar-refractivity contribution is 5.79. The van der Waals surface area contributed by atoms with Crippen LogP contribution in [0.5, 0.6) is 0 Å². The van der Waals surface area contributed by atoms with Crippen LogP contribution in [-0.2, 0) is 16.1 Å². The summed E-state index contributed by atoms with van der Waals surface area (Å²) in [4.78, 5) is 28.3. The Morgan fingerprint density at radius 2 is 1.72 bits per heavy atom. The fourth-order valence-corrected chi connectivity index (χ4v) is 2.99. The molecule has 0 aromatic heterocycles. The van der Waals surface area contributed by atoms with Crippen molar-refractivity contribution in [3.8, 4) is 0 Å². The SMILES string of the molecule is Cc1ccc(CN(C)C(=O)C2CCN(C(=O)OC(C)(C)C)CC2)cc1. The molecule has 0 spiro atoms. The van der Waals surface area contributed by atoms with Crippen molar-refractivity contribution in [2.75, 3.05) is 20.1 Å². The average Bonchev–Trinajstić information content (AvgIpc) is 2.55. The first kappa shape index (κ1) is 19.3. The second kappa shape index (κ2) is 7.89. The zero-order valence-corrected chi connectivity index (χ0v) is 16.0. The van der Waals surface area contributed by atoms with Crippen LogP contribution in [0.4, 0.5) is 4.79 Å². The molecule has 1 aromatic carbocycles. The first-order chi connectivity index (χ1) is 11.7. The predicted molar refractivity (Wildman–Crippen MR) is 98.2 cm³/mol. The van der Waals surface area contributed by atoms with E-state index in [-0.39, 0.29) is 17.9 Å². The first-order valence-corrected chi connectivity index (χ1v) is 8.94. The standard InChI is InChI=1S/C20H30N2O3/c1-15-6-8-16(9-7-15)14-21(5)18(23)17-10-12-22(13-11-17)19(24)25-20(2,3)4/h6-9,17H,10-14H2,1-5H3. The smallest absolute Gasteiger partial charge is 0.410 e. The van der Waals surface area contributed by atoms with Gasteiger partial charge in [0.15, 0.2) is 0 Å². The molecule has 1 aliphatic rings.